The molecule has 2 aliphatic heterocycles. The lowest BCUT2D eigenvalue weighted by molar-refractivity contribution is 0.0677. The van der Waals surface area contributed by atoms with Crippen LogP contribution in [-0.2, 0) is 9.84 Å². The predicted molar refractivity (Wildman–Crippen MR) is 124 cm³/mol. The lowest BCUT2D eigenvalue weighted by Crippen LogP contribution is -2.40. The molecule has 32 heavy (non-hydrogen) atoms. The molecular weight excluding hydrogens is 494 g/mol. The highest BCUT2D eigenvalue weighted by atomic mass is 79.9. The molecule has 1 aromatic heterocycles. The van der Waals surface area contributed by atoms with E-state index in [2.05, 4.69) is 26.1 Å². The van der Waals surface area contributed by atoms with Crippen LogP contribution in [0.1, 0.15) is 45.2 Å². The van der Waals surface area contributed by atoms with Crippen LogP contribution in [-0.4, -0.2) is 52.1 Å². The Hall–Kier alpha value is -2.65. The summed E-state index contributed by atoms with van der Waals surface area (Å²) in [6.07, 6.45) is 0.403. The second-order valence-electron chi connectivity index (χ2n) is 8.54. The first kappa shape index (κ1) is 21.2. The van der Waals surface area contributed by atoms with Crippen LogP contribution in [0.2, 0.25) is 0 Å². The van der Waals surface area contributed by atoms with Crippen molar-refractivity contribution < 1.29 is 18.3 Å². The van der Waals surface area contributed by atoms with Gasteiger partial charge in [-0.1, -0.05) is 28.1 Å². The number of carbonyl (C=O) groups excluding carboxylic acids is 1. The SMILES string of the molecule is Cc1cc(O)c(-c2n[nH]c3c2C(c2cccc(Br)c2)N(C2CCS(=O)(=O)C2)C3=O)cc1C. The number of aromatic nitrogens is 2. The zero-order chi connectivity index (χ0) is 22.8. The normalized spacial score (nSPS) is 21.8. The number of aromatic amines is 1. The third kappa shape index (κ3) is 3.34. The molecule has 3 aromatic rings. The molecule has 0 spiro atoms. The third-order valence-corrected chi connectivity index (χ3v) is 8.68. The Balaban J connectivity index is 1.71. The number of phenolic OH excluding ortho intramolecular Hbond substituents is 1. The summed E-state index contributed by atoms with van der Waals surface area (Å²) in [5.41, 5.74) is 4.85. The monoisotopic (exact) mass is 515 g/mol. The molecule has 0 saturated carbocycles. The molecule has 7 nitrogen and oxygen atoms in total. The summed E-state index contributed by atoms with van der Waals surface area (Å²) >= 11 is 3.51. The van der Waals surface area contributed by atoms with Crippen molar-refractivity contribution in [2.45, 2.75) is 32.4 Å². The summed E-state index contributed by atoms with van der Waals surface area (Å²) in [6, 6.07) is 10.3. The molecular formula is C23H22BrN3O4S. The highest BCUT2D eigenvalue weighted by molar-refractivity contribution is 9.10. The number of benzene rings is 2. The van der Waals surface area contributed by atoms with E-state index < -0.39 is 21.9 Å². The first-order valence-electron chi connectivity index (χ1n) is 10.3. The van der Waals surface area contributed by atoms with Crippen molar-refractivity contribution in [1.29, 1.82) is 0 Å². The first-order valence-corrected chi connectivity index (χ1v) is 12.9. The lowest BCUT2D eigenvalue weighted by Gasteiger charge is -2.31. The third-order valence-electron chi connectivity index (χ3n) is 6.44. The van der Waals surface area contributed by atoms with Crippen LogP contribution in [0, 0.1) is 13.8 Å². The van der Waals surface area contributed by atoms with Gasteiger partial charge in [0.15, 0.2) is 9.84 Å². The number of rotatable bonds is 3. The second-order valence-corrected chi connectivity index (χ2v) is 11.7. The fraction of sp³-hybridized carbons (Fsp3) is 0.304. The number of amides is 1. The van der Waals surface area contributed by atoms with Gasteiger partial charge in [0.2, 0.25) is 0 Å². The van der Waals surface area contributed by atoms with Crippen molar-refractivity contribution in [2.75, 3.05) is 11.5 Å². The highest BCUT2D eigenvalue weighted by Gasteiger charge is 2.48. The van der Waals surface area contributed by atoms with Crippen LogP contribution in [0.5, 0.6) is 5.75 Å². The van der Waals surface area contributed by atoms with Crippen molar-refractivity contribution in [3.05, 3.63) is 68.8 Å². The van der Waals surface area contributed by atoms with Gasteiger partial charge >= 0.3 is 0 Å². The quantitative estimate of drug-likeness (QED) is 0.550. The lowest BCUT2D eigenvalue weighted by atomic mass is 9.93. The maximum absolute atomic E-state index is 13.5. The van der Waals surface area contributed by atoms with E-state index in [0.717, 1.165) is 21.2 Å². The zero-order valence-corrected chi connectivity index (χ0v) is 20.0. The van der Waals surface area contributed by atoms with Crippen molar-refractivity contribution in [3.8, 4) is 17.0 Å². The smallest absolute Gasteiger partial charge is 0.273 e. The Labute approximate surface area is 194 Å². The molecule has 0 radical (unpaired) electrons. The zero-order valence-electron chi connectivity index (χ0n) is 17.6. The van der Waals surface area contributed by atoms with Crippen molar-refractivity contribution in [2.24, 2.45) is 0 Å². The molecule has 2 aromatic carbocycles. The molecule has 3 heterocycles. The van der Waals surface area contributed by atoms with Gasteiger partial charge in [-0.05, 0) is 61.2 Å². The highest BCUT2D eigenvalue weighted by Crippen LogP contribution is 2.47. The molecule has 1 amide bonds. The Morgan fingerprint density at radius 1 is 1.19 bits per heavy atom. The molecule has 0 bridgehead atoms. The van der Waals surface area contributed by atoms with Crippen molar-refractivity contribution >= 4 is 31.7 Å². The molecule has 0 aliphatic carbocycles. The molecule has 2 N–H and O–H groups in total. The number of hydrogen-bond acceptors (Lipinski definition) is 5. The standard InChI is InChI=1S/C23H22BrN3O4S/c1-12-8-17(18(28)9-13(12)2)20-19-21(26-25-20)23(29)27(16-6-7-32(30,31)11-16)22(19)14-4-3-5-15(24)10-14/h3-5,8-10,16,22,28H,6-7,11H2,1-2H3,(H,25,26). The van der Waals surface area contributed by atoms with Crippen molar-refractivity contribution in [1.82, 2.24) is 15.1 Å². The summed E-state index contributed by atoms with van der Waals surface area (Å²) in [6.45, 7) is 3.88. The summed E-state index contributed by atoms with van der Waals surface area (Å²) in [7, 11) is -3.19. The van der Waals surface area contributed by atoms with Gasteiger partial charge in [-0.25, -0.2) is 8.42 Å². The molecule has 166 valence electrons. The van der Waals surface area contributed by atoms with Gasteiger partial charge in [-0.3, -0.25) is 9.89 Å². The number of aryl methyl sites for hydroxylation is 2. The van der Waals surface area contributed by atoms with E-state index >= 15 is 0 Å². The summed E-state index contributed by atoms with van der Waals surface area (Å²) in [5.74, 6) is -0.159. The topological polar surface area (TPSA) is 103 Å². The van der Waals surface area contributed by atoms with E-state index in [9.17, 15) is 18.3 Å². The minimum Gasteiger partial charge on any atom is -0.507 e. The second kappa shape index (κ2) is 7.45. The fourth-order valence-electron chi connectivity index (χ4n) is 4.74. The molecule has 1 fully saturated rings. The van der Waals surface area contributed by atoms with Crippen LogP contribution in [0.25, 0.3) is 11.3 Å². The van der Waals surface area contributed by atoms with E-state index in [1.165, 1.54) is 0 Å². The van der Waals surface area contributed by atoms with Gasteiger partial charge in [0.05, 0.1) is 17.5 Å². The van der Waals surface area contributed by atoms with E-state index in [4.69, 9.17) is 0 Å². The molecule has 9 heteroatoms. The summed E-state index contributed by atoms with van der Waals surface area (Å²) in [5, 5.41) is 18.0. The van der Waals surface area contributed by atoms with E-state index in [1.54, 1.807) is 11.0 Å². The van der Waals surface area contributed by atoms with Gasteiger partial charge in [-0.15, -0.1) is 0 Å². The van der Waals surface area contributed by atoms with E-state index in [-0.39, 0.29) is 23.2 Å². The number of carbonyl (C=O) groups is 1. The van der Waals surface area contributed by atoms with Crippen molar-refractivity contribution in [3.63, 3.8) is 0 Å². The van der Waals surface area contributed by atoms with Crippen LogP contribution in [0.15, 0.2) is 40.9 Å². The molecule has 2 atom stereocenters. The Morgan fingerprint density at radius 3 is 2.62 bits per heavy atom. The largest absolute Gasteiger partial charge is 0.507 e. The Kier molecular flexibility index (Phi) is 4.94. The number of sulfone groups is 1. The molecule has 2 aliphatic rings. The average molecular weight is 516 g/mol. The van der Waals surface area contributed by atoms with Gasteiger partial charge in [0, 0.05) is 21.6 Å². The number of fused-ring (bicyclic) bond motifs is 1. The maximum atomic E-state index is 13.5. The molecule has 1 saturated heterocycles. The molecule has 2 unspecified atom stereocenters. The summed E-state index contributed by atoms with van der Waals surface area (Å²) in [4.78, 5) is 15.2. The Morgan fingerprint density at radius 2 is 1.94 bits per heavy atom. The average Bonchev–Trinajstić information content (AvgIpc) is 3.38. The number of phenols is 1. The van der Waals surface area contributed by atoms with Crippen LogP contribution in [0.3, 0.4) is 0 Å². The molecule has 5 rings (SSSR count). The van der Waals surface area contributed by atoms with Crippen LogP contribution < -0.4 is 0 Å². The number of nitrogens with one attached hydrogen (secondary N) is 1. The van der Waals surface area contributed by atoms with Gasteiger partial charge < -0.3 is 10.0 Å². The number of hydrogen-bond donors (Lipinski definition) is 2. The summed E-state index contributed by atoms with van der Waals surface area (Å²) < 4.78 is 25.3. The number of aromatic hydroxyl groups is 1. The van der Waals surface area contributed by atoms with Crippen LogP contribution >= 0.6 is 15.9 Å². The number of nitrogens with zero attached hydrogens (tertiary/aromatic N) is 2. The van der Waals surface area contributed by atoms with Crippen LogP contribution in [0.4, 0.5) is 0 Å². The number of H-pyrrole nitrogens is 1. The van der Waals surface area contributed by atoms with Gasteiger partial charge in [0.25, 0.3) is 5.91 Å². The van der Waals surface area contributed by atoms with E-state index in [0.29, 0.717) is 28.9 Å². The fourth-order valence-corrected chi connectivity index (χ4v) is 6.86. The minimum absolute atomic E-state index is 0.0504. The van der Waals surface area contributed by atoms with Gasteiger partial charge in [-0.2, -0.15) is 5.10 Å². The van der Waals surface area contributed by atoms with Gasteiger partial charge in [0.1, 0.15) is 17.1 Å². The number of halogens is 1. The van der Waals surface area contributed by atoms with E-state index in [1.807, 2.05) is 44.2 Å². The Bertz CT molecular complexity index is 1370. The predicted octanol–water partition coefficient (Wildman–Crippen LogP) is 3.89. The minimum atomic E-state index is -3.19. The first-order chi connectivity index (χ1) is 15.2. The maximum Gasteiger partial charge on any atom is 0.273 e.